The van der Waals surface area contributed by atoms with Crippen molar-refractivity contribution >= 4 is 15.9 Å². The van der Waals surface area contributed by atoms with Gasteiger partial charge in [-0.15, -0.1) is 0 Å². The van der Waals surface area contributed by atoms with Gasteiger partial charge in [0.1, 0.15) is 0 Å². The molecule has 0 fully saturated rings. The molecule has 1 radical (unpaired) electrons. The topological polar surface area (TPSA) is 23.8 Å². The zero-order chi connectivity index (χ0) is 8.27. The Balaban J connectivity index is 2.66. The Morgan fingerprint density at radius 2 is 1.91 bits per heavy atom. The van der Waals surface area contributed by atoms with E-state index in [0.717, 1.165) is 10.9 Å². The zero-order valence-corrected chi connectivity index (χ0v) is 8.06. The van der Waals surface area contributed by atoms with Gasteiger partial charge in [0, 0.05) is 10.5 Å². The van der Waals surface area contributed by atoms with Crippen molar-refractivity contribution in [3.05, 3.63) is 34.3 Å². The molecule has 0 aliphatic rings. The molecule has 11 heavy (non-hydrogen) atoms. The van der Waals surface area contributed by atoms with Crippen LogP contribution >= 0.6 is 15.9 Å². The Morgan fingerprint density at radius 1 is 1.36 bits per heavy atom. The summed E-state index contributed by atoms with van der Waals surface area (Å²) in [6.07, 6.45) is 0.841. The molecule has 1 N–H and O–H groups in total. The van der Waals surface area contributed by atoms with Crippen molar-refractivity contribution < 1.29 is 0 Å². The van der Waals surface area contributed by atoms with Crippen LogP contribution in [0.15, 0.2) is 28.7 Å². The second-order valence-corrected chi connectivity index (χ2v) is 3.65. The summed E-state index contributed by atoms with van der Waals surface area (Å²) >= 11 is 3.36. The molecule has 0 aromatic heterocycles. The lowest BCUT2D eigenvalue weighted by molar-refractivity contribution is 0.714. The molecule has 2 heteroatoms. The molecule has 1 aromatic rings. The molecule has 1 unspecified atom stereocenters. The number of benzene rings is 1. The van der Waals surface area contributed by atoms with Crippen LogP contribution in [0.2, 0.25) is 0 Å². The maximum Gasteiger partial charge on any atom is 0.0225 e. The standard InChI is InChI=1S/C9H11BrN/c1-7(11)6-8-2-4-9(10)5-3-8/h2-5,7,11H,6H2,1H3. The Hall–Kier alpha value is -0.340. The molecule has 0 spiro atoms. The van der Waals surface area contributed by atoms with Crippen LogP contribution in [0.1, 0.15) is 12.5 Å². The van der Waals surface area contributed by atoms with Gasteiger partial charge in [0.05, 0.1) is 0 Å². The van der Waals surface area contributed by atoms with Crippen molar-refractivity contribution in [2.24, 2.45) is 0 Å². The number of nitrogens with one attached hydrogen (secondary N) is 1. The minimum atomic E-state index is -0.00354. The van der Waals surface area contributed by atoms with E-state index in [1.54, 1.807) is 0 Å². The first-order valence-corrected chi connectivity index (χ1v) is 4.43. The van der Waals surface area contributed by atoms with Crippen molar-refractivity contribution in [2.75, 3.05) is 0 Å². The molecule has 1 aromatic carbocycles. The number of hydrogen-bond acceptors (Lipinski definition) is 0. The number of halogens is 1. The molecule has 1 nitrogen and oxygen atoms in total. The molecule has 1 rings (SSSR count). The van der Waals surface area contributed by atoms with E-state index in [2.05, 4.69) is 28.1 Å². The third-order valence-corrected chi connectivity index (χ3v) is 1.98. The van der Waals surface area contributed by atoms with Gasteiger partial charge in [0.15, 0.2) is 0 Å². The van der Waals surface area contributed by atoms with E-state index in [4.69, 9.17) is 5.73 Å². The van der Waals surface area contributed by atoms with E-state index in [1.165, 1.54) is 5.56 Å². The predicted molar refractivity (Wildman–Crippen MR) is 50.4 cm³/mol. The Bertz CT molecular complexity index is 216. The summed E-state index contributed by atoms with van der Waals surface area (Å²) in [5, 5.41) is 0. The highest BCUT2D eigenvalue weighted by Gasteiger charge is 1.96. The van der Waals surface area contributed by atoms with E-state index in [1.807, 2.05) is 19.1 Å². The Labute approximate surface area is 75.7 Å². The van der Waals surface area contributed by atoms with E-state index in [0.29, 0.717) is 0 Å². The molecule has 0 bridgehead atoms. The van der Waals surface area contributed by atoms with Gasteiger partial charge in [-0.05, 0) is 31.0 Å². The van der Waals surface area contributed by atoms with Crippen LogP contribution in [0.25, 0.3) is 0 Å². The van der Waals surface area contributed by atoms with Crippen LogP contribution in [-0.4, -0.2) is 6.04 Å². The highest BCUT2D eigenvalue weighted by Crippen LogP contribution is 2.11. The van der Waals surface area contributed by atoms with Crippen molar-refractivity contribution in [2.45, 2.75) is 19.4 Å². The van der Waals surface area contributed by atoms with Crippen LogP contribution < -0.4 is 5.73 Å². The quantitative estimate of drug-likeness (QED) is 0.721. The molecule has 0 amide bonds. The SMILES string of the molecule is CC([NH])Cc1ccc(Br)cc1. The third kappa shape index (κ3) is 3.04. The number of hydrogen-bond donors (Lipinski definition) is 0. The lowest BCUT2D eigenvalue weighted by Crippen LogP contribution is -2.06. The van der Waals surface area contributed by atoms with E-state index in [9.17, 15) is 0 Å². The average molecular weight is 213 g/mol. The first-order valence-electron chi connectivity index (χ1n) is 3.64. The smallest absolute Gasteiger partial charge is 0.0225 e. The van der Waals surface area contributed by atoms with Gasteiger partial charge in [-0.3, -0.25) is 5.73 Å². The van der Waals surface area contributed by atoms with Crippen LogP contribution in [0.3, 0.4) is 0 Å². The summed E-state index contributed by atoms with van der Waals surface area (Å²) in [5.74, 6) is 0. The molecule has 1 atom stereocenters. The minimum Gasteiger partial charge on any atom is -0.254 e. The maximum absolute atomic E-state index is 7.36. The number of rotatable bonds is 2. The second kappa shape index (κ2) is 3.88. The Morgan fingerprint density at radius 3 is 2.36 bits per heavy atom. The van der Waals surface area contributed by atoms with Gasteiger partial charge >= 0.3 is 0 Å². The maximum atomic E-state index is 7.36. The summed E-state index contributed by atoms with van der Waals surface area (Å²) in [5.41, 5.74) is 8.59. The minimum absolute atomic E-state index is 0.00354. The first kappa shape index (κ1) is 8.75. The molecule has 0 saturated heterocycles. The van der Waals surface area contributed by atoms with Crippen molar-refractivity contribution in [3.8, 4) is 0 Å². The van der Waals surface area contributed by atoms with Gasteiger partial charge in [0.25, 0.3) is 0 Å². The summed E-state index contributed by atoms with van der Waals surface area (Å²) < 4.78 is 1.10. The van der Waals surface area contributed by atoms with Crippen LogP contribution in [0.5, 0.6) is 0 Å². The van der Waals surface area contributed by atoms with Crippen LogP contribution in [0.4, 0.5) is 0 Å². The van der Waals surface area contributed by atoms with Crippen molar-refractivity contribution in [3.63, 3.8) is 0 Å². The van der Waals surface area contributed by atoms with Gasteiger partial charge in [-0.25, -0.2) is 0 Å². The molecular formula is C9H11BrN. The molecule has 0 saturated carbocycles. The largest absolute Gasteiger partial charge is 0.254 e. The molecular weight excluding hydrogens is 202 g/mol. The van der Waals surface area contributed by atoms with E-state index >= 15 is 0 Å². The third-order valence-electron chi connectivity index (χ3n) is 1.46. The highest BCUT2D eigenvalue weighted by atomic mass is 79.9. The summed E-state index contributed by atoms with van der Waals surface area (Å²) in [7, 11) is 0. The van der Waals surface area contributed by atoms with E-state index < -0.39 is 0 Å². The summed E-state index contributed by atoms with van der Waals surface area (Å²) in [4.78, 5) is 0. The van der Waals surface area contributed by atoms with Gasteiger partial charge in [-0.2, -0.15) is 0 Å². The predicted octanol–water partition coefficient (Wildman–Crippen LogP) is 2.66. The monoisotopic (exact) mass is 212 g/mol. The summed E-state index contributed by atoms with van der Waals surface area (Å²) in [6, 6.07) is 8.12. The lowest BCUT2D eigenvalue weighted by Gasteiger charge is -2.03. The fraction of sp³-hybridized carbons (Fsp3) is 0.333. The molecule has 0 aliphatic heterocycles. The fourth-order valence-electron chi connectivity index (χ4n) is 0.974. The first-order chi connectivity index (χ1) is 5.18. The van der Waals surface area contributed by atoms with Crippen molar-refractivity contribution in [1.82, 2.24) is 5.73 Å². The second-order valence-electron chi connectivity index (χ2n) is 2.73. The average Bonchev–Trinajstić information content (AvgIpc) is 1.93. The molecule has 0 heterocycles. The summed E-state index contributed by atoms with van der Waals surface area (Å²) in [6.45, 7) is 1.90. The van der Waals surface area contributed by atoms with Gasteiger partial charge < -0.3 is 0 Å². The van der Waals surface area contributed by atoms with Crippen LogP contribution in [0, 0.1) is 0 Å². The van der Waals surface area contributed by atoms with Crippen molar-refractivity contribution in [1.29, 1.82) is 0 Å². The van der Waals surface area contributed by atoms with Gasteiger partial charge in [-0.1, -0.05) is 28.1 Å². The van der Waals surface area contributed by atoms with Gasteiger partial charge in [0.2, 0.25) is 0 Å². The zero-order valence-electron chi connectivity index (χ0n) is 6.47. The normalized spacial score (nSPS) is 13.0. The Kier molecular flexibility index (Phi) is 3.09. The van der Waals surface area contributed by atoms with Crippen LogP contribution in [-0.2, 0) is 6.42 Å². The molecule has 0 aliphatic carbocycles. The van der Waals surface area contributed by atoms with E-state index in [-0.39, 0.29) is 6.04 Å². The fourth-order valence-corrected chi connectivity index (χ4v) is 1.24. The molecule has 59 valence electrons. The highest BCUT2D eigenvalue weighted by molar-refractivity contribution is 9.10. The lowest BCUT2D eigenvalue weighted by atomic mass is 10.1.